The monoisotopic (exact) mass is 181 g/mol. The highest BCUT2D eigenvalue weighted by Gasteiger charge is 2.12. The van der Waals surface area contributed by atoms with Gasteiger partial charge in [-0.15, -0.1) is 11.3 Å². The maximum Gasteiger partial charge on any atom is 0.258 e. The number of amides is 1. The van der Waals surface area contributed by atoms with Crippen LogP contribution in [0.25, 0.3) is 0 Å². The molecule has 1 aliphatic rings. The minimum absolute atomic E-state index is 0.385. The minimum atomic E-state index is -0.385. The van der Waals surface area contributed by atoms with Gasteiger partial charge in [0.2, 0.25) is 0 Å². The van der Waals surface area contributed by atoms with Gasteiger partial charge in [0.1, 0.15) is 6.67 Å². The molecule has 0 saturated carbocycles. The summed E-state index contributed by atoms with van der Waals surface area (Å²) in [5.74, 6) is -0.385. The Morgan fingerprint density at radius 2 is 2.58 bits per heavy atom. The van der Waals surface area contributed by atoms with E-state index in [0.29, 0.717) is 11.5 Å². The van der Waals surface area contributed by atoms with Crippen LogP contribution >= 0.6 is 11.3 Å². The quantitative estimate of drug-likeness (QED) is 0.668. The fourth-order valence-electron chi connectivity index (χ4n) is 1.02. The Morgan fingerprint density at radius 3 is 3.25 bits per heavy atom. The predicted molar refractivity (Wildman–Crippen MR) is 48.9 cm³/mol. The van der Waals surface area contributed by atoms with Crippen molar-refractivity contribution >= 4 is 28.5 Å². The lowest BCUT2D eigenvalue weighted by molar-refractivity contribution is 0.100. The largest absolute Gasteiger partial charge is 0.365 e. The van der Waals surface area contributed by atoms with Crippen molar-refractivity contribution in [2.75, 3.05) is 12.0 Å². The maximum absolute atomic E-state index is 10.8. The molecule has 1 aromatic rings. The Morgan fingerprint density at radius 1 is 1.75 bits per heavy atom. The molecule has 0 atom stereocenters. The summed E-state index contributed by atoms with van der Waals surface area (Å²) in [5, 5.41) is 4.02. The van der Waals surface area contributed by atoms with Gasteiger partial charge in [-0.05, 0) is 6.07 Å². The van der Waals surface area contributed by atoms with E-state index in [2.05, 4.69) is 10.3 Å². The van der Waals surface area contributed by atoms with Gasteiger partial charge >= 0.3 is 0 Å². The highest BCUT2D eigenvalue weighted by molar-refractivity contribution is 7.18. The van der Waals surface area contributed by atoms with E-state index >= 15 is 0 Å². The Balaban J connectivity index is 2.46. The number of carbonyl (C=O) groups is 1. The Bertz CT molecular complexity index is 356. The second kappa shape index (κ2) is 2.60. The molecule has 2 heterocycles. The van der Waals surface area contributed by atoms with E-state index in [1.54, 1.807) is 12.3 Å². The Labute approximate surface area is 73.1 Å². The molecule has 12 heavy (non-hydrogen) atoms. The molecule has 4 nitrogen and oxygen atoms in total. The number of hydrogen-bond acceptors (Lipinski definition) is 4. The van der Waals surface area contributed by atoms with Gasteiger partial charge in [0.05, 0.1) is 9.88 Å². The standard InChI is InChI=1S/C7H7N3OS/c8-6(11)5-1-4-2-9-3-10-7(4)12-5/h1-2,10H,3H2,(H2,8,11). The minimum Gasteiger partial charge on any atom is -0.365 e. The molecule has 1 amide bonds. The smallest absolute Gasteiger partial charge is 0.258 e. The molecule has 1 aromatic heterocycles. The number of hydrogen-bond donors (Lipinski definition) is 2. The van der Waals surface area contributed by atoms with Crippen LogP contribution < -0.4 is 11.1 Å². The normalized spacial score (nSPS) is 13.7. The first kappa shape index (κ1) is 7.30. The maximum atomic E-state index is 10.8. The van der Waals surface area contributed by atoms with Gasteiger partial charge in [0.25, 0.3) is 5.91 Å². The van der Waals surface area contributed by atoms with E-state index in [1.807, 2.05) is 0 Å². The molecular weight excluding hydrogens is 174 g/mol. The van der Waals surface area contributed by atoms with E-state index < -0.39 is 0 Å². The lowest BCUT2D eigenvalue weighted by atomic mass is 10.3. The van der Waals surface area contributed by atoms with Crippen molar-refractivity contribution in [2.24, 2.45) is 10.7 Å². The SMILES string of the molecule is NC(=O)c1cc2c(s1)NCN=C2. The number of nitrogens with zero attached hydrogens (tertiary/aromatic N) is 1. The molecule has 0 bridgehead atoms. The second-order valence-corrected chi connectivity index (χ2v) is 3.46. The van der Waals surface area contributed by atoms with Gasteiger partial charge in [-0.2, -0.15) is 0 Å². The van der Waals surface area contributed by atoms with E-state index in [1.165, 1.54) is 11.3 Å². The number of anilines is 1. The zero-order valence-corrected chi connectivity index (χ0v) is 7.02. The molecule has 0 aliphatic carbocycles. The van der Waals surface area contributed by atoms with Crippen LogP contribution in [-0.2, 0) is 0 Å². The molecule has 0 aromatic carbocycles. The summed E-state index contributed by atoms with van der Waals surface area (Å²) in [7, 11) is 0. The van der Waals surface area contributed by atoms with Gasteiger partial charge in [-0.3, -0.25) is 9.79 Å². The van der Waals surface area contributed by atoms with Gasteiger partial charge in [0, 0.05) is 11.8 Å². The Kier molecular flexibility index (Phi) is 1.58. The van der Waals surface area contributed by atoms with Crippen molar-refractivity contribution in [1.29, 1.82) is 0 Å². The summed E-state index contributed by atoms with van der Waals surface area (Å²) < 4.78 is 0. The number of fused-ring (bicyclic) bond motifs is 1. The lowest BCUT2D eigenvalue weighted by Gasteiger charge is -2.04. The summed E-state index contributed by atoms with van der Waals surface area (Å²) in [6, 6.07) is 1.75. The third-order valence-electron chi connectivity index (χ3n) is 1.56. The molecule has 0 saturated heterocycles. The summed E-state index contributed by atoms with van der Waals surface area (Å²) in [4.78, 5) is 15.4. The average Bonchev–Trinajstić information content (AvgIpc) is 2.46. The fourth-order valence-corrected chi connectivity index (χ4v) is 1.89. The van der Waals surface area contributed by atoms with Gasteiger partial charge in [-0.25, -0.2) is 0 Å². The first-order valence-electron chi connectivity index (χ1n) is 3.45. The van der Waals surface area contributed by atoms with E-state index in [9.17, 15) is 4.79 Å². The molecule has 0 spiro atoms. The van der Waals surface area contributed by atoms with Crippen LogP contribution in [0.2, 0.25) is 0 Å². The zero-order chi connectivity index (χ0) is 8.55. The van der Waals surface area contributed by atoms with E-state index in [4.69, 9.17) is 5.73 Å². The summed E-state index contributed by atoms with van der Waals surface area (Å²) >= 11 is 1.37. The number of thiophene rings is 1. The first-order valence-corrected chi connectivity index (χ1v) is 4.26. The van der Waals surface area contributed by atoms with Crippen molar-refractivity contribution < 1.29 is 4.79 Å². The second-order valence-electron chi connectivity index (χ2n) is 2.41. The summed E-state index contributed by atoms with van der Waals surface area (Å²) in [6.07, 6.45) is 1.74. The molecular formula is C7H7N3OS. The number of nitrogens with two attached hydrogens (primary N) is 1. The highest BCUT2D eigenvalue weighted by Crippen LogP contribution is 2.27. The zero-order valence-electron chi connectivity index (χ0n) is 6.20. The van der Waals surface area contributed by atoms with Crippen LogP contribution in [0.1, 0.15) is 15.2 Å². The first-order chi connectivity index (χ1) is 5.77. The van der Waals surface area contributed by atoms with Crippen LogP contribution in [-0.4, -0.2) is 18.8 Å². The van der Waals surface area contributed by atoms with Gasteiger partial charge < -0.3 is 11.1 Å². The summed E-state index contributed by atoms with van der Waals surface area (Å²) in [5.41, 5.74) is 6.07. The van der Waals surface area contributed by atoms with Gasteiger partial charge in [-0.1, -0.05) is 0 Å². The molecule has 3 N–H and O–H groups in total. The number of aliphatic imine (C=N–C) groups is 1. The number of nitrogens with one attached hydrogen (secondary N) is 1. The predicted octanol–water partition coefficient (Wildman–Crippen LogP) is 0.649. The molecule has 0 fully saturated rings. The van der Waals surface area contributed by atoms with Crippen molar-refractivity contribution in [3.05, 3.63) is 16.5 Å². The molecule has 5 heteroatoms. The van der Waals surface area contributed by atoms with Crippen LogP contribution in [0.5, 0.6) is 0 Å². The lowest BCUT2D eigenvalue weighted by Crippen LogP contribution is -2.08. The average molecular weight is 181 g/mol. The van der Waals surface area contributed by atoms with Crippen LogP contribution in [0, 0.1) is 0 Å². The van der Waals surface area contributed by atoms with Crippen LogP contribution in [0.3, 0.4) is 0 Å². The van der Waals surface area contributed by atoms with Crippen molar-refractivity contribution in [1.82, 2.24) is 0 Å². The van der Waals surface area contributed by atoms with E-state index in [-0.39, 0.29) is 5.91 Å². The molecule has 0 radical (unpaired) electrons. The third-order valence-corrected chi connectivity index (χ3v) is 2.69. The molecule has 2 rings (SSSR count). The third kappa shape index (κ3) is 1.08. The highest BCUT2D eigenvalue weighted by atomic mass is 32.1. The number of carbonyl (C=O) groups excluding carboxylic acids is 1. The Hall–Kier alpha value is -1.36. The molecule has 62 valence electrons. The topological polar surface area (TPSA) is 67.5 Å². The van der Waals surface area contributed by atoms with Crippen molar-refractivity contribution in [3.8, 4) is 0 Å². The van der Waals surface area contributed by atoms with Crippen molar-refractivity contribution in [3.63, 3.8) is 0 Å². The van der Waals surface area contributed by atoms with Crippen LogP contribution in [0.15, 0.2) is 11.1 Å². The fraction of sp³-hybridized carbons (Fsp3) is 0.143. The number of rotatable bonds is 1. The number of primary amides is 1. The van der Waals surface area contributed by atoms with Crippen molar-refractivity contribution in [2.45, 2.75) is 0 Å². The molecule has 0 unspecified atom stereocenters. The van der Waals surface area contributed by atoms with Gasteiger partial charge in [0.15, 0.2) is 0 Å². The van der Waals surface area contributed by atoms with Crippen LogP contribution in [0.4, 0.5) is 5.00 Å². The van der Waals surface area contributed by atoms with E-state index in [0.717, 1.165) is 10.6 Å². The summed E-state index contributed by atoms with van der Waals surface area (Å²) in [6.45, 7) is 0.575. The molecule has 1 aliphatic heterocycles.